The maximum Gasteiger partial charge on any atom is 0.168 e. The number of halogens is 1. The van der Waals surface area contributed by atoms with Gasteiger partial charge in [-0.1, -0.05) is 12.1 Å². The van der Waals surface area contributed by atoms with Crippen LogP contribution in [-0.2, 0) is 12.8 Å². The van der Waals surface area contributed by atoms with Gasteiger partial charge in [-0.25, -0.2) is 4.39 Å². The summed E-state index contributed by atoms with van der Waals surface area (Å²) in [6.45, 7) is 0. The summed E-state index contributed by atoms with van der Waals surface area (Å²) in [4.78, 5) is 4.00. The number of likely N-dealkylation sites (N-methyl/N-ethyl adjacent to an activating group) is 1. The second-order valence-corrected chi connectivity index (χ2v) is 4.68. The summed E-state index contributed by atoms with van der Waals surface area (Å²) >= 11 is 0. The van der Waals surface area contributed by atoms with Gasteiger partial charge in [-0.2, -0.15) is 0 Å². The molecule has 1 aromatic heterocycles. The smallest absolute Gasteiger partial charge is 0.168 e. The molecule has 0 saturated carbocycles. The van der Waals surface area contributed by atoms with E-state index in [-0.39, 0.29) is 11.9 Å². The van der Waals surface area contributed by atoms with Crippen LogP contribution >= 0.6 is 0 Å². The number of benzene rings is 1. The molecule has 0 fully saturated rings. The molecular formula is C16H19FN2O. The molecular weight excluding hydrogens is 255 g/mol. The van der Waals surface area contributed by atoms with Crippen LogP contribution in [0.1, 0.15) is 11.1 Å². The molecule has 2 rings (SSSR count). The minimum atomic E-state index is -0.273. The number of pyridine rings is 1. The van der Waals surface area contributed by atoms with Crippen molar-refractivity contribution in [2.24, 2.45) is 0 Å². The molecule has 4 heteroatoms. The van der Waals surface area contributed by atoms with Gasteiger partial charge < -0.3 is 10.1 Å². The zero-order valence-corrected chi connectivity index (χ0v) is 11.8. The van der Waals surface area contributed by atoms with E-state index in [9.17, 15) is 4.39 Å². The summed E-state index contributed by atoms with van der Waals surface area (Å²) in [5.41, 5.74) is 1.85. The Hall–Kier alpha value is -1.94. The molecule has 0 bridgehead atoms. The highest BCUT2D eigenvalue weighted by Gasteiger charge is 2.14. The third-order valence-electron chi connectivity index (χ3n) is 3.37. The van der Waals surface area contributed by atoms with Crippen molar-refractivity contribution in [3.05, 3.63) is 59.7 Å². The van der Waals surface area contributed by atoms with Gasteiger partial charge in [0, 0.05) is 18.4 Å². The molecule has 3 nitrogen and oxygen atoms in total. The average Bonchev–Trinajstić information content (AvgIpc) is 2.49. The highest BCUT2D eigenvalue weighted by atomic mass is 19.1. The molecule has 0 aliphatic rings. The summed E-state index contributed by atoms with van der Waals surface area (Å²) in [5, 5.41) is 3.24. The zero-order chi connectivity index (χ0) is 14.4. The van der Waals surface area contributed by atoms with E-state index in [2.05, 4.69) is 10.3 Å². The minimum absolute atomic E-state index is 0.166. The van der Waals surface area contributed by atoms with Crippen LogP contribution in [-0.4, -0.2) is 25.2 Å². The molecule has 20 heavy (non-hydrogen) atoms. The normalized spacial score (nSPS) is 12.2. The lowest BCUT2D eigenvalue weighted by molar-refractivity contribution is 0.382. The van der Waals surface area contributed by atoms with Crippen LogP contribution in [0, 0.1) is 5.82 Å². The van der Waals surface area contributed by atoms with Gasteiger partial charge in [-0.05, 0) is 49.2 Å². The van der Waals surface area contributed by atoms with Crippen LogP contribution in [0.3, 0.4) is 0 Å². The first-order valence-electron chi connectivity index (χ1n) is 6.62. The van der Waals surface area contributed by atoms with Gasteiger partial charge >= 0.3 is 0 Å². The number of nitrogens with one attached hydrogen (secondary N) is 1. The lowest BCUT2D eigenvalue weighted by Gasteiger charge is -2.17. The second-order valence-electron chi connectivity index (χ2n) is 4.68. The van der Waals surface area contributed by atoms with Crippen molar-refractivity contribution in [1.82, 2.24) is 10.3 Å². The van der Waals surface area contributed by atoms with E-state index >= 15 is 0 Å². The summed E-state index contributed by atoms with van der Waals surface area (Å²) in [6, 6.07) is 9.37. The topological polar surface area (TPSA) is 34.2 Å². The van der Waals surface area contributed by atoms with Gasteiger partial charge in [-0.15, -0.1) is 0 Å². The van der Waals surface area contributed by atoms with Crippen molar-refractivity contribution in [3.8, 4) is 5.75 Å². The SMILES string of the molecule is CNC(Cc1ccncc1)Cc1cccc(OC)c1F. The fraction of sp³-hybridized carbons (Fsp3) is 0.312. The van der Waals surface area contributed by atoms with Crippen LogP contribution < -0.4 is 10.1 Å². The van der Waals surface area contributed by atoms with E-state index in [1.54, 1.807) is 24.5 Å². The maximum absolute atomic E-state index is 14.1. The molecule has 2 aromatic rings. The molecule has 1 heterocycles. The number of nitrogens with zero attached hydrogens (tertiary/aromatic N) is 1. The van der Waals surface area contributed by atoms with Crippen molar-refractivity contribution >= 4 is 0 Å². The van der Waals surface area contributed by atoms with E-state index in [1.807, 2.05) is 25.2 Å². The summed E-state index contributed by atoms with van der Waals surface area (Å²) in [5.74, 6) is 0.0197. The maximum atomic E-state index is 14.1. The Kier molecular flexibility index (Phi) is 5.07. The van der Waals surface area contributed by atoms with Crippen molar-refractivity contribution in [1.29, 1.82) is 0 Å². The highest BCUT2D eigenvalue weighted by molar-refractivity contribution is 5.31. The van der Waals surface area contributed by atoms with Crippen LogP contribution in [0.5, 0.6) is 5.75 Å². The van der Waals surface area contributed by atoms with Crippen LogP contribution in [0.25, 0.3) is 0 Å². The number of ether oxygens (including phenoxy) is 1. The number of hydrogen-bond acceptors (Lipinski definition) is 3. The van der Waals surface area contributed by atoms with Crippen molar-refractivity contribution in [2.45, 2.75) is 18.9 Å². The Bertz CT molecular complexity index is 545. The molecule has 1 atom stereocenters. The zero-order valence-electron chi connectivity index (χ0n) is 11.8. The number of aromatic nitrogens is 1. The fourth-order valence-electron chi connectivity index (χ4n) is 2.22. The predicted octanol–water partition coefficient (Wildman–Crippen LogP) is 2.60. The van der Waals surface area contributed by atoms with E-state index < -0.39 is 0 Å². The van der Waals surface area contributed by atoms with Crippen LogP contribution in [0.4, 0.5) is 4.39 Å². The quantitative estimate of drug-likeness (QED) is 0.879. The van der Waals surface area contributed by atoms with Crippen molar-refractivity contribution in [2.75, 3.05) is 14.2 Å². The Morgan fingerprint density at radius 2 is 1.95 bits per heavy atom. The molecule has 0 aliphatic carbocycles. The van der Waals surface area contributed by atoms with Gasteiger partial charge in [-0.3, -0.25) is 4.98 Å². The van der Waals surface area contributed by atoms with Crippen molar-refractivity contribution < 1.29 is 9.13 Å². The van der Waals surface area contributed by atoms with Gasteiger partial charge in [0.2, 0.25) is 0 Å². The lowest BCUT2D eigenvalue weighted by atomic mass is 9.99. The van der Waals surface area contributed by atoms with E-state index in [4.69, 9.17) is 4.74 Å². The van der Waals surface area contributed by atoms with Gasteiger partial charge in [0.25, 0.3) is 0 Å². The molecule has 0 saturated heterocycles. The van der Waals surface area contributed by atoms with E-state index in [0.717, 1.165) is 6.42 Å². The number of methoxy groups -OCH3 is 1. The number of hydrogen-bond donors (Lipinski definition) is 1. The first-order valence-corrected chi connectivity index (χ1v) is 6.62. The largest absolute Gasteiger partial charge is 0.494 e. The predicted molar refractivity (Wildman–Crippen MR) is 77.4 cm³/mol. The summed E-state index contributed by atoms with van der Waals surface area (Å²) in [6.07, 6.45) is 4.99. The van der Waals surface area contributed by atoms with E-state index in [1.165, 1.54) is 12.7 Å². The molecule has 0 radical (unpaired) electrons. The lowest BCUT2D eigenvalue weighted by Crippen LogP contribution is -2.30. The third kappa shape index (κ3) is 3.54. The van der Waals surface area contributed by atoms with Gasteiger partial charge in [0.15, 0.2) is 11.6 Å². The summed E-state index contributed by atoms with van der Waals surface area (Å²) in [7, 11) is 3.37. The van der Waals surface area contributed by atoms with Crippen LogP contribution in [0.15, 0.2) is 42.7 Å². The highest BCUT2D eigenvalue weighted by Crippen LogP contribution is 2.21. The van der Waals surface area contributed by atoms with Crippen LogP contribution in [0.2, 0.25) is 0 Å². The molecule has 0 spiro atoms. The fourth-order valence-corrected chi connectivity index (χ4v) is 2.22. The first kappa shape index (κ1) is 14.5. The Morgan fingerprint density at radius 1 is 1.20 bits per heavy atom. The first-order chi connectivity index (χ1) is 9.74. The van der Waals surface area contributed by atoms with Gasteiger partial charge in [0.1, 0.15) is 0 Å². The minimum Gasteiger partial charge on any atom is -0.494 e. The average molecular weight is 274 g/mol. The Balaban J connectivity index is 2.10. The summed E-state index contributed by atoms with van der Waals surface area (Å²) < 4.78 is 19.2. The molecule has 1 N–H and O–H groups in total. The molecule has 1 aromatic carbocycles. The standard InChI is InChI=1S/C16H19FN2O/c1-18-14(10-12-6-8-19-9-7-12)11-13-4-3-5-15(20-2)16(13)17/h3-9,14,18H,10-11H2,1-2H3. The number of rotatable bonds is 6. The second kappa shape index (κ2) is 7.01. The van der Waals surface area contributed by atoms with Gasteiger partial charge in [0.05, 0.1) is 7.11 Å². The molecule has 0 aliphatic heterocycles. The van der Waals surface area contributed by atoms with E-state index in [0.29, 0.717) is 17.7 Å². The molecule has 0 amide bonds. The molecule has 1 unspecified atom stereocenters. The monoisotopic (exact) mass is 274 g/mol. The Morgan fingerprint density at radius 3 is 2.60 bits per heavy atom. The van der Waals surface area contributed by atoms with Crippen molar-refractivity contribution in [3.63, 3.8) is 0 Å². The third-order valence-corrected chi connectivity index (χ3v) is 3.37. The Labute approximate surface area is 118 Å². The molecule has 106 valence electrons.